The van der Waals surface area contributed by atoms with Gasteiger partial charge in [-0.15, -0.1) is 0 Å². The van der Waals surface area contributed by atoms with Crippen LogP contribution in [0.5, 0.6) is 5.75 Å². The zero-order chi connectivity index (χ0) is 14.9. The van der Waals surface area contributed by atoms with Gasteiger partial charge in [0.25, 0.3) is 0 Å². The fraction of sp³-hybridized carbons (Fsp3) is 0.294. The molecule has 2 rings (SSSR count). The fourth-order valence-corrected chi connectivity index (χ4v) is 1.87. The van der Waals surface area contributed by atoms with Crippen molar-refractivity contribution in [3.05, 3.63) is 59.9 Å². The van der Waals surface area contributed by atoms with Gasteiger partial charge in [-0.05, 0) is 43.3 Å². The van der Waals surface area contributed by atoms with E-state index >= 15 is 0 Å². The number of aromatic nitrogens is 1. The van der Waals surface area contributed by atoms with Crippen LogP contribution in [0, 0.1) is 0 Å². The number of carbonyl (C=O) groups is 1. The smallest absolute Gasteiger partial charge is 0.188 e. The largest absolute Gasteiger partial charge is 0.494 e. The Morgan fingerprint density at radius 1 is 1.14 bits per heavy atom. The Morgan fingerprint density at radius 2 is 1.95 bits per heavy atom. The van der Waals surface area contributed by atoms with Crippen LogP contribution >= 0.6 is 0 Å². The Bertz CT molecular complexity index is 552. The minimum Gasteiger partial charge on any atom is -0.494 e. The highest BCUT2D eigenvalue weighted by atomic mass is 16.5. The quantitative estimate of drug-likeness (QED) is 0.552. The number of Topliss-reactive ketones (excluding diaryl/α,β-unsaturated/α-hetero) is 1. The Morgan fingerprint density at radius 3 is 2.62 bits per heavy atom. The third kappa shape index (κ3) is 5.00. The Hall–Kier alpha value is -2.20. The van der Waals surface area contributed by atoms with Crippen LogP contribution in [0.2, 0.25) is 0 Å². The van der Waals surface area contributed by atoms with Crippen LogP contribution in [0.1, 0.15) is 23.0 Å². The molecule has 1 aromatic heterocycles. The van der Waals surface area contributed by atoms with E-state index in [9.17, 15) is 4.79 Å². The van der Waals surface area contributed by atoms with Crippen LogP contribution in [0.3, 0.4) is 0 Å². The van der Waals surface area contributed by atoms with Gasteiger partial charge >= 0.3 is 0 Å². The van der Waals surface area contributed by atoms with Crippen LogP contribution in [0.15, 0.2) is 48.7 Å². The summed E-state index contributed by atoms with van der Waals surface area (Å²) in [5, 5.41) is 0. The molecule has 2 aromatic rings. The third-order valence-corrected chi connectivity index (χ3v) is 2.95. The molecule has 0 fully saturated rings. The molecule has 1 heterocycles. The summed E-state index contributed by atoms with van der Waals surface area (Å²) in [4.78, 5) is 16.1. The van der Waals surface area contributed by atoms with Crippen molar-refractivity contribution in [1.82, 2.24) is 4.98 Å². The molecule has 0 atom stereocenters. The van der Waals surface area contributed by atoms with Crippen molar-refractivity contribution < 1.29 is 14.3 Å². The first-order valence-corrected chi connectivity index (χ1v) is 7.03. The van der Waals surface area contributed by atoms with Gasteiger partial charge in [0.05, 0.1) is 13.2 Å². The summed E-state index contributed by atoms with van der Waals surface area (Å²) in [5.41, 5.74) is 1.60. The van der Waals surface area contributed by atoms with Gasteiger partial charge in [0, 0.05) is 23.9 Å². The maximum atomic E-state index is 11.9. The number of carbonyl (C=O) groups excluding carboxylic acids is 1. The molecule has 110 valence electrons. The molecular weight excluding hydrogens is 266 g/mol. The highest BCUT2D eigenvalue weighted by molar-refractivity contribution is 5.97. The second-order valence-electron chi connectivity index (χ2n) is 4.50. The van der Waals surface area contributed by atoms with E-state index in [1.807, 2.05) is 25.1 Å². The van der Waals surface area contributed by atoms with E-state index in [4.69, 9.17) is 9.47 Å². The standard InChI is InChI=1S/C17H19NO3/c1-2-21-16-8-6-14(7-9-16)17(19)13-20-12-10-15-5-3-4-11-18-15/h3-9,11H,2,10,12-13H2,1H3. The lowest BCUT2D eigenvalue weighted by molar-refractivity contribution is 0.0764. The number of ketones is 1. The predicted molar refractivity (Wildman–Crippen MR) is 80.7 cm³/mol. The van der Waals surface area contributed by atoms with Crippen molar-refractivity contribution in [2.45, 2.75) is 13.3 Å². The zero-order valence-electron chi connectivity index (χ0n) is 12.1. The molecule has 0 saturated carbocycles. The average Bonchev–Trinajstić information content (AvgIpc) is 2.53. The Kier molecular flexibility index (Phi) is 5.91. The minimum atomic E-state index is -0.0286. The monoisotopic (exact) mass is 285 g/mol. The first-order valence-electron chi connectivity index (χ1n) is 7.03. The summed E-state index contributed by atoms with van der Waals surface area (Å²) in [6.45, 7) is 3.11. The molecular formula is C17H19NO3. The Labute approximate surface area is 124 Å². The molecule has 0 radical (unpaired) electrons. The summed E-state index contributed by atoms with van der Waals surface area (Å²) in [7, 11) is 0. The number of ether oxygens (including phenoxy) is 2. The zero-order valence-corrected chi connectivity index (χ0v) is 12.1. The topological polar surface area (TPSA) is 48.4 Å². The maximum absolute atomic E-state index is 11.9. The van der Waals surface area contributed by atoms with Crippen molar-refractivity contribution in [3.8, 4) is 5.75 Å². The van der Waals surface area contributed by atoms with Crippen molar-refractivity contribution >= 4 is 5.78 Å². The lowest BCUT2D eigenvalue weighted by atomic mass is 10.1. The number of hydrogen-bond acceptors (Lipinski definition) is 4. The second kappa shape index (κ2) is 8.17. The summed E-state index contributed by atoms with van der Waals surface area (Å²) >= 11 is 0. The first kappa shape index (κ1) is 15.2. The second-order valence-corrected chi connectivity index (χ2v) is 4.50. The van der Waals surface area contributed by atoms with Crippen LogP contribution in [-0.2, 0) is 11.2 Å². The van der Waals surface area contributed by atoms with E-state index in [0.29, 0.717) is 25.2 Å². The van der Waals surface area contributed by atoms with E-state index in [2.05, 4.69) is 4.98 Å². The van der Waals surface area contributed by atoms with Gasteiger partial charge in [0.15, 0.2) is 5.78 Å². The van der Waals surface area contributed by atoms with Crippen LogP contribution in [-0.4, -0.2) is 30.6 Å². The first-order chi connectivity index (χ1) is 10.3. The third-order valence-electron chi connectivity index (χ3n) is 2.95. The van der Waals surface area contributed by atoms with E-state index in [-0.39, 0.29) is 12.4 Å². The van der Waals surface area contributed by atoms with Crippen molar-refractivity contribution in [2.75, 3.05) is 19.8 Å². The SMILES string of the molecule is CCOc1ccc(C(=O)COCCc2ccccn2)cc1. The summed E-state index contributed by atoms with van der Waals surface area (Å²) in [6, 6.07) is 12.9. The molecule has 0 unspecified atom stereocenters. The molecule has 0 N–H and O–H groups in total. The highest BCUT2D eigenvalue weighted by Gasteiger charge is 2.06. The molecule has 0 aliphatic rings. The van der Waals surface area contributed by atoms with Gasteiger partial charge < -0.3 is 9.47 Å². The van der Waals surface area contributed by atoms with Crippen LogP contribution < -0.4 is 4.74 Å². The minimum absolute atomic E-state index is 0.0286. The molecule has 0 spiro atoms. The summed E-state index contributed by atoms with van der Waals surface area (Å²) < 4.78 is 10.7. The van der Waals surface area contributed by atoms with Crippen molar-refractivity contribution in [2.24, 2.45) is 0 Å². The van der Waals surface area contributed by atoms with E-state index in [1.165, 1.54) is 0 Å². The predicted octanol–water partition coefficient (Wildman–Crippen LogP) is 2.92. The summed E-state index contributed by atoms with van der Waals surface area (Å²) in [6.07, 6.45) is 2.46. The van der Waals surface area contributed by atoms with E-state index in [1.54, 1.807) is 30.5 Å². The fourth-order valence-electron chi connectivity index (χ4n) is 1.87. The molecule has 0 aliphatic carbocycles. The average molecular weight is 285 g/mol. The van der Waals surface area contributed by atoms with Gasteiger partial charge in [-0.25, -0.2) is 0 Å². The normalized spacial score (nSPS) is 10.3. The lowest BCUT2D eigenvalue weighted by Crippen LogP contribution is -2.11. The van der Waals surface area contributed by atoms with Crippen LogP contribution in [0.25, 0.3) is 0 Å². The highest BCUT2D eigenvalue weighted by Crippen LogP contribution is 2.12. The number of benzene rings is 1. The Balaban J connectivity index is 1.74. The number of pyridine rings is 1. The molecule has 1 aromatic carbocycles. The number of nitrogens with zero attached hydrogens (tertiary/aromatic N) is 1. The molecule has 0 aliphatic heterocycles. The van der Waals surface area contributed by atoms with Gasteiger partial charge in [0.1, 0.15) is 12.4 Å². The molecule has 0 amide bonds. The van der Waals surface area contributed by atoms with Gasteiger partial charge in [0.2, 0.25) is 0 Å². The van der Waals surface area contributed by atoms with Gasteiger partial charge in [-0.1, -0.05) is 6.07 Å². The maximum Gasteiger partial charge on any atom is 0.188 e. The van der Waals surface area contributed by atoms with Crippen molar-refractivity contribution in [3.63, 3.8) is 0 Å². The summed E-state index contributed by atoms with van der Waals surface area (Å²) in [5.74, 6) is 0.740. The molecule has 4 nitrogen and oxygen atoms in total. The van der Waals surface area contributed by atoms with Crippen LogP contribution in [0.4, 0.5) is 0 Å². The molecule has 0 bridgehead atoms. The van der Waals surface area contributed by atoms with Crippen molar-refractivity contribution in [1.29, 1.82) is 0 Å². The van der Waals surface area contributed by atoms with Gasteiger partial charge in [-0.2, -0.15) is 0 Å². The van der Waals surface area contributed by atoms with E-state index < -0.39 is 0 Å². The van der Waals surface area contributed by atoms with Gasteiger partial charge in [-0.3, -0.25) is 9.78 Å². The van der Waals surface area contributed by atoms with E-state index in [0.717, 1.165) is 11.4 Å². The molecule has 4 heteroatoms. The lowest BCUT2D eigenvalue weighted by Gasteiger charge is -2.05. The number of hydrogen-bond donors (Lipinski definition) is 0. The molecule has 0 saturated heterocycles. The molecule has 21 heavy (non-hydrogen) atoms. The number of rotatable bonds is 8.